The van der Waals surface area contributed by atoms with Gasteiger partial charge in [0.15, 0.2) is 5.16 Å². The van der Waals surface area contributed by atoms with Crippen molar-refractivity contribution in [2.45, 2.75) is 29.9 Å². The zero-order valence-corrected chi connectivity index (χ0v) is 12.7. The summed E-state index contributed by atoms with van der Waals surface area (Å²) in [5.41, 5.74) is 9.26. The smallest absolute Gasteiger partial charge is 0.171 e. The van der Waals surface area contributed by atoms with Crippen LogP contribution in [0.25, 0.3) is 11.0 Å². The summed E-state index contributed by atoms with van der Waals surface area (Å²) in [5, 5.41) is 0.782. The third-order valence-electron chi connectivity index (χ3n) is 3.36. The molecule has 0 bridgehead atoms. The number of imidazole rings is 1. The lowest BCUT2D eigenvalue weighted by molar-refractivity contribution is 0.610. The van der Waals surface area contributed by atoms with E-state index < -0.39 is 0 Å². The van der Waals surface area contributed by atoms with Gasteiger partial charge in [-0.15, -0.1) is 0 Å². The summed E-state index contributed by atoms with van der Waals surface area (Å²) >= 11 is 1.48. The molecule has 1 atom stereocenters. The first kappa shape index (κ1) is 14.1. The third kappa shape index (κ3) is 2.80. The van der Waals surface area contributed by atoms with Crippen LogP contribution in [-0.4, -0.2) is 9.97 Å². The summed E-state index contributed by atoms with van der Waals surface area (Å²) < 4.78 is 13.7. The largest absolute Gasteiger partial charge is 0.333 e. The van der Waals surface area contributed by atoms with Crippen LogP contribution in [0.5, 0.6) is 0 Å². The van der Waals surface area contributed by atoms with E-state index in [1.54, 1.807) is 6.92 Å². The van der Waals surface area contributed by atoms with Crippen LogP contribution in [-0.2, 0) is 0 Å². The molecular formula is C16H16FN3S. The second-order valence-corrected chi connectivity index (χ2v) is 6.12. The number of halogens is 1. The molecule has 0 saturated heterocycles. The number of nitrogens with one attached hydrogen (secondary N) is 1. The van der Waals surface area contributed by atoms with E-state index in [0.29, 0.717) is 5.56 Å². The molecule has 0 radical (unpaired) electrons. The molecule has 3 aromatic rings. The van der Waals surface area contributed by atoms with Crippen molar-refractivity contribution < 1.29 is 4.39 Å². The first-order valence-electron chi connectivity index (χ1n) is 6.73. The van der Waals surface area contributed by atoms with Crippen molar-refractivity contribution in [3.63, 3.8) is 0 Å². The Labute approximate surface area is 126 Å². The monoisotopic (exact) mass is 301 g/mol. The zero-order valence-electron chi connectivity index (χ0n) is 11.9. The second-order valence-electron chi connectivity index (χ2n) is 5.09. The van der Waals surface area contributed by atoms with E-state index in [0.717, 1.165) is 26.6 Å². The van der Waals surface area contributed by atoms with Crippen molar-refractivity contribution in [1.29, 1.82) is 0 Å². The minimum atomic E-state index is -0.230. The van der Waals surface area contributed by atoms with E-state index in [-0.39, 0.29) is 11.9 Å². The number of aromatic amines is 1. The Hall–Kier alpha value is -1.85. The number of para-hydroxylation sites is 2. The molecule has 3 nitrogen and oxygen atoms in total. The lowest BCUT2D eigenvalue weighted by Crippen LogP contribution is -2.07. The number of fused-ring (bicyclic) bond motifs is 1. The molecule has 0 spiro atoms. The van der Waals surface area contributed by atoms with Crippen molar-refractivity contribution in [3.05, 3.63) is 53.3 Å². The van der Waals surface area contributed by atoms with Gasteiger partial charge in [0.25, 0.3) is 0 Å². The molecule has 0 saturated carbocycles. The molecule has 3 N–H and O–H groups in total. The molecule has 0 unspecified atom stereocenters. The van der Waals surface area contributed by atoms with Crippen LogP contribution in [0.2, 0.25) is 0 Å². The Morgan fingerprint density at radius 3 is 2.76 bits per heavy atom. The first-order valence-corrected chi connectivity index (χ1v) is 7.54. The summed E-state index contributed by atoms with van der Waals surface area (Å²) in [6, 6.07) is 11.0. The molecule has 1 aromatic heterocycles. The predicted octanol–water partition coefficient (Wildman–Crippen LogP) is 4.18. The Bertz CT molecular complexity index is 762. The molecule has 3 rings (SSSR count). The molecule has 0 aliphatic carbocycles. The quantitative estimate of drug-likeness (QED) is 0.763. The third-order valence-corrected chi connectivity index (χ3v) is 4.32. The van der Waals surface area contributed by atoms with Gasteiger partial charge >= 0.3 is 0 Å². The van der Waals surface area contributed by atoms with Crippen LogP contribution in [0.15, 0.2) is 46.5 Å². The maximum absolute atomic E-state index is 13.7. The number of hydrogen-bond acceptors (Lipinski definition) is 3. The molecule has 1 heterocycles. The Morgan fingerprint density at radius 1 is 1.29 bits per heavy atom. The van der Waals surface area contributed by atoms with E-state index in [2.05, 4.69) is 9.97 Å². The highest BCUT2D eigenvalue weighted by Crippen LogP contribution is 2.33. The van der Waals surface area contributed by atoms with E-state index in [4.69, 9.17) is 5.73 Å². The fraction of sp³-hybridized carbons (Fsp3) is 0.188. The molecule has 2 aromatic carbocycles. The fourth-order valence-electron chi connectivity index (χ4n) is 2.20. The van der Waals surface area contributed by atoms with Crippen molar-refractivity contribution >= 4 is 22.8 Å². The van der Waals surface area contributed by atoms with Gasteiger partial charge in [0.05, 0.1) is 11.0 Å². The number of hydrogen-bond donors (Lipinski definition) is 2. The number of rotatable bonds is 3. The number of aryl methyl sites for hydroxylation is 1. The van der Waals surface area contributed by atoms with Crippen LogP contribution in [0.3, 0.4) is 0 Å². The van der Waals surface area contributed by atoms with Gasteiger partial charge in [-0.05, 0) is 49.2 Å². The SMILES string of the molecule is Cc1cc(Sc2nc3ccccc3[nH]2)c([C@@H](C)N)cc1F. The number of nitrogens with two attached hydrogens (primary N) is 1. The standard InChI is InChI=1S/C16H16FN3S/c1-9-7-15(11(10(2)18)8-12(9)17)21-16-19-13-5-3-4-6-14(13)20-16/h3-8,10H,18H2,1-2H3,(H,19,20)/t10-/m1/s1. The highest BCUT2D eigenvalue weighted by Gasteiger charge is 2.14. The zero-order chi connectivity index (χ0) is 15.0. The molecule has 0 aliphatic rings. The van der Waals surface area contributed by atoms with Gasteiger partial charge in [0.1, 0.15) is 5.82 Å². The molecule has 0 aliphatic heterocycles. The normalized spacial score (nSPS) is 12.8. The van der Waals surface area contributed by atoms with E-state index in [9.17, 15) is 4.39 Å². The summed E-state index contributed by atoms with van der Waals surface area (Å²) in [5.74, 6) is -0.226. The average Bonchev–Trinajstić information content (AvgIpc) is 2.84. The summed E-state index contributed by atoms with van der Waals surface area (Å²) in [6.07, 6.45) is 0. The van der Waals surface area contributed by atoms with Crippen molar-refractivity contribution in [1.82, 2.24) is 9.97 Å². The van der Waals surface area contributed by atoms with E-state index in [1.807, 2.05) is 37.3 Å². The lowest BCUT2D eigenvalue weighted by Gasteiger charge is -2.13. The van der Waals surface area contributed by atoms with Gasteiger partial charge in [-0.2, -0.15) is 0 Å². The highest BCUT2D eigenvalue weighted by molar-refractivity contribution is 7.99. The van der Waals surface area contributed by atoms with Crippen LogP contribution in [0, 0.1) is 12.7 Å². The van der Waals surface area contributed by atoms with Gasteiger partial charge in [-0.3, -0.25) is 0 Å². The maximum Gasteiger partial charge on any atom is 0.171 e. The Kier molecular flexibility index (Phi) is 3.69. The van der Waals surface area contributed by atoms with Gasteiger partial charge in [-0.1, -0.05) is 23.9 Å². The topological polar surface area (TPSA) is 54.7 Å². The van der Waals surface area contributed by atoms with Gasteiger partial charge in [-0.25, -0.2) is 9.37 Å². The Balaban J connectivity index is 2.02. The average molecular weight is 301 g/mol. The van der Waals surface area contributed by atoms with Crippen LogP contribution < -0.4 is 5.73 Å². The summed E-state index contributed by atoms with van der Waals surface area (Å²) in [4.78, 5) is 8.73. The van der Waals surface area contributed by atoms with Crippen LogP contribution in [0.4, 0.5) is 4.39 Å². The van der Waals surface area contributed by atoms with E-state index >= 15 is 0 Å². The predicted molar refractivity (Wildman–Crippen MR) is 84.0 cm³/mol. The molecule has 108 valence electrons. The molecule has 21 heavy (non-hydrogen) atoms. The summed E-state index contributed by atoms with van der Waals surface area (Å²) in [6.45, 7) is 3.61. The van der Waals surface area contributed by atoms with Crippen molar-refractivity contribution in [3.8, 4) is 0 Å². The van der Waals surface area contributed by atoms with Gasteiger partial charge in [0, 0.05) is 10.9 Å². The number of benzene rings is 2. The number of aromatic nitrogens is 2. The molecule has 5 heteroatoms. The highest BCUT2D eigenvalue weighted by atomic mass is 32.2. The van der Waals surface area contributed by atoms with Gasteiger partial charge in [0.2, 0.25) is 0 Å². The second kappa shape index (κ2) is 5.50. The maximum atomic E-state index is 13.7. The molecule has 0 fully saturated rings. The van der Waals surface area contributed by atoms with Crippen LogP contribution in [0.1, 0.15) is 24.1 Å². The fourth-order valence-corrected chi connectivity index (χ4v) is 3.31. The van der Waals surface area contributed by atoms with Crippen LogP contribution >= 0.6 is 11.8 Å². The number of H-pyrrole nitrogens is 1. The first-order chi connectivity index (χ1) is 10.0. The minimum Gasteiger partial charge on any atom is -0.333 e. The van der Waals surface area contributed by atoms with Crippen molar-refractivity contribution in [2.75, 3.05) is 0 Å². The van der Waals surface area contributed by atoms with Gasteiger partial charge < -0.3 is 10.7 Å². The minimum absolute atomic E-state index is 0.226. The summed E-state index contributed by atoms with van der Waals surface area (Å²) in [7, 11) is 0. The molecule has 0 amide bonds. The van der Waals surface area contributed by atoms with Crippen molar-refractivity contribution in [2.24, 2.45) is 5.73 Å². The number of nitrogens with zero attached hydrogens (tertiary/aromatic N) is 1. The molecular weight excluding hydrogens is 285 g/mol. The van der Waals surface area contributed by atoms with E-state index in [1.165, 1.54) is 17.8 Å². The lowest BCUT2D eigenvalue weighted by atomic mass is 10.1. The Morgan fingerprint density at radius 2 is 2.05 bits per heavy atom.